The molecule has 1 aromatic carbocycles. The summed E-state index contributed by atoms with van der Waals surface area (Å²) in [5.74, 6) is 0.186. The van der Waals surface area contributed by atoms with Gasteiger partial charge >= 0.3 is 0 Å². The lowest BCUT2D eigenvalue weighted by Gasteiger charge is -2.33. The van der Waals surface area contributed by atoms with Gasteiger partial charge in [-0.05, 0) is 61.4 Å². The summed E-state index contributed by atoms with van der Waals surface area (Å²) in [5.41, 5.74) is 3.58. The van der Waals surface area contributed by atoms with Gasteiger partial charge in [0.1, 0.15) is 0 Å². The first-order valence-corrected chi connectivity index (χ1v) is 10.0. The van der Waals surface area contributed by atoms with E-state index in [-0.39, 0.29) is 17.5 Å². The van der Waals surface area contributed by atoms with Crippen LogP contribution in [0.15, 0.2) is 45.8 Å². The number of carbonyl (C=O) groups is 1. The zero-order valence-corrected chi connectivity index (χ0v) is 16.5. The first-order valence-electron chi connectivity index (χ1n) is 10.0. The molecule has 1 aliphatic carbocycles. The van der Waals surface area contributed by atoms with Crippen molar-refractivity contribution in [3.63, 3.8) is 0 Å². The van der Waals surface area contributed by atoms with E-state index >= 15 is 0 Å². The van der Waals surface area contributed by atoms with E-state index in [4.69, 9.17) is 4.42 Å². The lowest BCUT2D eigenvalue weighted by Crippen LogP contribution is -2.42. The summed E-state index contributed by atoms with van der Waals surface area (Å²) in [6, 6.07) is 9.56. The molecule has 146 valence electrons. The van der Waals surface area contributed by atoms with Crippen LogP contribution < -0.4 is 5.56 Å². The molecule has 0 unspecified atom stereocenters. The topological polar surface area (TPSA) is 66.3 Å². The van der Waals surface area contributed by atoms with Gasteiger partial charge in [0.25, 0.3) is 11.5 Å². The number of H-pyrrole nitrogens is 1. The molecule has 2 aromatic heterocycles. The van der Waals surface area contributed by atoms with Gasteiger partial charge in [0.05, 0.1) is 18.3 Å². The normalized spacial score (nSPS) is 15.1. The van der Waals surface area contributed by atoms with Crippen LogP contribution in [0.25, 0.3) is 10.9 Å². The largest absolute Gasteiger partial charge is 0.459 e. The number of benzene rings is 1. The smallest absolute Gasteiger partial charge is 0.290 e. The third-order valence-electron chi connectivity index (χ3n) is 5.98. The number of carbonyl (C=O) groups excluding carboxylic acids is 1. The van der Waals surface area contributed by atoms with Crippen molar-refractivity contribution in [3.8, 4) is 0 Å². The Hall–Kier alpha value is -2.82. The highest BCUT2D eigenvalue weighted by atomic mass is 16.3. The molecule has 0 aliphatic heterocycles. The number of aromatic amines is 1. The second-order valence-electron chi connectivity index (χ2n) is 7.80. The van der Waals surface area contributed by atoms with Crippen molar-refractivity contribution in [2.24, 2.45) is 0 Å². The summed E-state index contributed by atoms with van der Waals surface area (Å²) in [6.45, 7) is 4.35. The van der Waals surface area contributed by atoms with Crippen molar-refractivity contribution in [1.29, 1.82) is 0 Å². The second-order valence-corrected chi connectivity index (χ2v) is 7.80. The molecule has 0 saturated heterocycles. The number of fused-ring (bicyclic) bond motifs is 1. The van der Waals surface area contributed by atoms with Crippen LogP contribution in [0, 0.1) is 13.8 Å². The molecule has 1 saturated carbocycles. The molecule has 0 radical (unpaired) electrons. The van der Waals surface area contributed by atoms with Crippen molar-refractivity contribution < 1.29 is 9.21 Å². The zero-order valence-electron chi connectivity index (χ0n) is 16.5. The van der Waals surface area contributed by atoms with Gasteiger partial charge in [-0.15, -0.1) is 0 Å². The Kier molecular flexibility index (Phi) is 5.07. The molecule has 1 aliphatic rings. The molecule has 3 aromatic rings. The van der Waals surface area contributed by atoms with E-state index in [1.807, 2.05) is 30.9 Å². The molecule has 28 heavy (non-hydrogen) atoms. The highest BCUT2D eigenvalue weighted by molar-refractivity contribution is 5.91. The van der Waals surface area contributed by atoms with Crippen molar-refractivity contribution in [3.05, 3.63) is 69.4 Å². The van der Waals surface area contributed by atoms with Crippen molar-refractivity contribution >= 4 is 16.8 Å². The average molecular weight is 378 g/mol. The minimum absolute atomic E-state index is 0.130. The van der Waals surface area contributed by atoms with Gasteiger partial charge in [-0.1, -0.05) is 31.4 Å². The SMILES string of the molecule is Cc1ccc2cc(CN(C(=O)c3ccco3)C3CCCCC3)c(=O)[nH]c2c1C. The fraction of sp³-hybridized carbons (Fsp3) is 0.391. The van der Waals surface area contributed by atoms with E-state index in [9.17, 15) is 9.59 Å². The number of aromatic nitrogens is 1. The molecule has 1 fully saturated rings. The van der Waals surface area contributed by atoms with E-state index in [1.165, 1.54) is 12.7 Å². The maximum absolute atomic E-state index is 13.1. The van der Waals surface area contributed by atoms with E-state index in [2.05, 4.69) is 11.1 Å². The number of pyridine rings is 1. The summed E-state index contributed by atoms with van der Waals surface area (Å²) in [6.07, 6.45) is 6.87. The highest BCUT2D eigenvalue weighted by Crippen LogP contribution is 2.26. The van der Waals surface area contributed by atoms with Gasteiger partial charge in [0.2, 0.25) is 0 Å². The number of rotatable bonds is 4. The summed E-state index contributed by atoms with van der Waals surface area (Å²) < 4.78 is 5.36. The summed E-state index contributed by atoms with van der Waals surface area (Å²) in [7, 11) is 0. The van der Waals surface area contributed by atoms with Gasteiger partial charge in [-0.3, -0.25) is 9.59 Å². The number of amides is 1. The quantitative estimate of drug-likeness (QED) is 0.715. The number of furan rings is 1. The Balaban J connectivity index is 1.71. The Morgan fingerprint density at radius 3 is 2.68 bits per heavy atom. The molecule has 0 spiro atoms. The van der Waals surface area contributed by atoms with E-state index < -0.39 is 0 Å². The predicted octanol–water partition coefficient (Wildman–Crippen LogP) is 4.71. The second kappa shape index (κ2) is 7.66. The van der Waals surface area contributed by atoms with Crippen LogP contribution in [0.3, 0.4) is 0 Å². The Morgan fingerprint density at radius 1 is 1.18 bits per heavy atom. The Labute approximate surface area is 164 Å². The number of nitrogens with zero attached hydrogens (tertiary/aromatic N) is 1. The average Bonchev–Trinajstić information content (AvgIpc) is 3.25. The molecule has 0 bridgehead atoms. The summed E-state index contributed by atoms with van der Waals surface area (Å²) in [4.78, 5) is 30.8. The van der Waals surface area contributed by atoms with Crippen LogP contribution in [0.5, 0.6) is 0 Å². The molecule has 5 heteroatoms. The third kappa shape index (κ3) is 3.49. The molecule has 1 amide bonds. The number of nitrogens with one attached hydrogen (secondary N) is 1. The van der Waals surface area contributed by atoms with Crippen LogP contribution in [0.2, 0.25) is 0 Å². The number of hydrogen-bond donors (Lipinski definition) is 1. The number of hydrogen-bond acceptors (Lipinski definition) is 3. The zero-order chi connectivity index (χ0) is 19.7. The predicted molar refractivity (Wildman–Crippen MR) is 109 cm³/mol. The van der Waals surface area contributed by atoms with Gasteiger partial charge in [-0.25, -0.2) is 0 Å². The minimum atomic E-state index is -0.142. The lowest BCUT2D eigenvalue weighted by atomic mass is 9.93. The van der Waals surface area contributed by atoms with Crippen molar-refractivity contribution in [1.82, 2.24) is 9.88 Å². The fourth-order valence-electron chi connectivity index (χ4n) is 4.17. The molecular weight excluding hydrogens is 352 g/mol. The van der Waals surface area contributed by atoms with Gasteiger partial charge in [0, 0.05) is 11.6 Å². The first-order chi connectivity index (χ1) is 13.5. The lowest BCUT2D eigenvalue weighted by molar-refractivity contribution is 0.0581. The standard InChI is InChI=1S/C23H26N2O3/c1-15-10-11-17-13-18(22(26)24-21(17)16(15)2)14-25(19-7-4-3-5-8-19)23(27)20-9-6-12-28-20/h6,9-13,19H,3-5,7-8,14H2,1-2H3,(H,24,26). The fourth-order valence-corrected chi connectivity index (χ4v) is 4.17. The van der Waals surface area contributed by atoms with Crippen LogP contribution in [0.4, 0.5) is 0 Å². The molecule has 4 rings (SSSR count). The Morgan fingerprint density at radius 2 is 1.96 bits per heavy atom. The monoisotopic (exact) mass is 378 g/mol. The summed E-state index contributed by atoms with van der Waals surface area (Å²) >= 11 is 0. The van der Waals surface area contributed by atoms with E-state index in [0.717, 1.165) is 47.7 Å². The molecule has 5 nitrogen and oxygen atoms in total. The van der Waals surface area contributed by atoms with E-state index in [1.54, 1.807) is 12.1 Å². The van der Waals surface area contributed by atoms with Crippen molar-refractivity contribution in [2.75, 3.05) is 0 Å². The van der Waals surface area contributed by atoms with Gasteiger partial charge < -0.3 is 14.3 Å². The maximum atomic E-state index is 13.1. The number of aryl methyl sites for hydroxylation is 2. The van der Waals surface area contributed by atoms with Crippen molar-refractivity contribution in [2.45, 2.75) is 58.5 Å². The van der Waals surface area contributed by atoms with Gasteiger partial charge in [0.15, 0.2) is 5.76 Å². The van der Waals surface area contributed by atoms with E-state index in [0.29, 0.717) is 17.9 Å². The first kappa shape index (κ1) is 18.5. The van der Waals surface area contributed by atoms with Gasteiger partial charge in [-0.2, -0.15) is 0 Å². The summed E-state index contributed by atoms with van der Waals surface area (Å²) in [5, 5.41) is 0.992. The maximum Gasteiger partial charge on any atom is 0.290 e. The molecule has 2 heterocycles. The highest BCUT2D eigenvalue weighted by Gasteiger charge is 2.28. The van der Waals surface area contributed by atoms with Crippen LogP contribution in [-0.4, -0.2) is 21.8 Å². The third-order valence-corrected chi connectivity index (χ3v) is 5.98. The van der Waals surface area contributed by atoms with Crippen LogP contribution in [0.1, 0.15) is 59.3 Å². The van der Waals surface area contributed by atoms with Crippen LogP contribution in [-0.2, 0) is 6.54 Å². The molecular formula is C23H26N2O3. The minimum Gasteiger partial charge on any atom is -0.459 e. The molecule has 1 N–H and O–H groups in total. The molecule has 0 atom stereocenters. The van der Waals surface area contributed by atoms with Crippen LogP contribution >= 0.6 is 0 Å². The Bertz CT molecular complexity index is 1040.